The Bertz CT molecular complexity index is 724. The Morgan fingerprint density at radius 1 is 1.16 bits per heavy atom. The molecule has 3 rings (SSSR count). The summed E-state index contributed by atoms with van der Waals surface area (Å²) in [5.74, 6) is 0.371. The highest BCUT2D eigenvalue weighted by Gasteiger charge is 2.43. The first-order valence-corrected chi connectivity index (χ1v) is 8.40. The minimum absolute atomic E-state index is 0.0513. The van der Waals surface area contributed by atoms with Crippen molar-refractivity contribution < 1.29 is 18.7 Å². The molecule has 132 valence electrons. The SMILES string of the molecule is COc1ccccc1C1(C(=O)NCc2ccc(F)cc2)CCOCC1. The minimum Gasteiger partial charge on any atom is -0.496 e. The van der Waals surface area contributed by atoms with Crippen LogP contribution in [0.1, 0.15) is 24.0 Å². The van der Waals surface area contributed by atoms with E-state index in [1.54, 1.807) is 19.2 Å². The summed E-state index contributed by atoms with van der Waals surface area (Å²) in [6.45, 7) is 1.42. The van der Waals surface area contributed by atoms with Gasteiger partial charge in [0.05, 0.1) is 12.5 Å². The predicted molar refractivity (Wildman–Crippen MR) is 93.0 cm³/mol. The average molecular weight is 343 g/mol. The van der Waals surface area contributed by atoms with Crippen LogP contribution in [0.3, 0.4) is 0 Å². The molecular formula is C20H22FNO3. The summed E-state index contributed by atoms with van der Waals surface area (Å²) in [5, 5.41) is 3.01. The number of nitrogens with one attached hydrogen (secondary N) is 1. The summed E-state index contributed by atoms with van der Waals surface area (Å²) in [7, 11) is 1.61. The third-order valence-electron chi connectivity index (χ3n) is 4.77. The Kier molecular flexibility index (Phi) is 5.34. The molecule has 5 heteroatoms. The number of ether oxygens (including phenoxy) is 2. The number of hydrogen-bond donors (Lipinski definition) is 1. The molecule has 0 atom stereocenters. The minimum atomic E-state index is -0.676. The second-order valence-corrected chi connectivity index (χ2v) is 6.20. The average Bonchev–Trinajstić information content (AvgIpc) is 2.67. The molecule has 0 bridgehead atoms. The summed E-state index contributed by atoms with van der Waals surface area (Å²) < 4.78 is 24.0. The number of benzene rings is 2. The van der Waals surface area contributed by atoms with E-state index >= 15 is 0 Å². The van der Waals surface area contributed by atoms with E-state index in [0.717, 1.165) is 11.1 Å². The van der Waals surface area contributed by atoms with Crippen LogP contribution >= 0.6 is 0 Å². The van der Waals surface area contributed by atoms with Crippen LogP contribution in [0, 0.1) is 5.82 Å². The number of rotatable bonds is 5. The number of hydrogen-bond acceptors (Lipinski definition) is 3. The van der Waals surface area contributed by atoms with Crippen LogP contribution in [0.4, 0.5) is 4.39 Å². The van der Waals surface area contributed by atoms with Gasteiger partial charge in [-0.05, 0) is 36.6 Å². The summed E-state index contributed by atoms with van der Waals surface area (Å²) in [4.78, 5) is 13.1. The molecule has 1 aliphatic rings. The van der Waals surface area contributed by atoms with E-state index in [1.807, 2.05) is 24.3 Å². The molecule has 0 spiro atoms. The van der Waals surface area contributed by atoms with Crippen molar-refractivity contribution in [2.45, 2.75) is 24.8 Å². The maximum Gasteiger partial charge on any atom is 0.231 e. The Balaban J connectivity index is 1.84. The quantitative estimate of drug-likeness (QED) is 0.907. The number of amides is 1. The molecule has 1 N–H and O–H groups in total. The van der Waals surface area contributed by atoms with Gasteiger partial charge < -0.3 is 14.8 Å². The van der Waals surface area contributed by atoms with Crippen LogP contribution in [0.15, 0.2) is 48.5 Å². The lowest BCUT2D eigenvalue weighted by Gasteiger charge is -2.37. The number of methoxy groups -OCH3 is 1. The molecule has 1 amide bonds. The summed E-state index contributed by atoms with van der Waals surface area (Å²) in [5.41, 5.74) is 1.07. The van der Waals surface area contributed by atoms with Crippen LogP contribution < -0.4 is 10.1 Å². The van der Waals surface area contributed by atoms with E-state index in [0.29, 0.717) is 38.3 Å². The van der Waals surface area contributed by atoms with Crippen molar-refractivity contribution in [3.63, 3.8) is 0 Å². The zero-order valence-electron chi connectivity index (χ0n) is 14.3. The van der Waals surface area contributed by atoms with Gasteiger partial charge in [-0.15, -0.1) is 0 Å². The van der Waals surface area contributed by atoms with Gasteiger partial charge in [0.25, 0.3) is 0 Å². The normalized spacial score (nSPS) is 16.2. The first-order valence-electron chi connectivity index (χ1n) is 8.40. The number of carbonyl (C=O) groups is 1. The molecule has 1 aliphatic heterocycles. The van der Waals surface area contributed by atoms with Crippen molar-refractivity contribution in [1.29, 1.82) is 0 Å². The number of para-hydroxylation sites is 1. The van der Waals surface area contributed by atoms with Crippen molar-refractivity contribution >= 4 is 5.91 Å². The lowest BCUT2D eigenvalue weighted by atomic mass is 9.73. The Hall–Kier alpha value is -2.40. The fraction of sp³-hybridized carbons (Fsp3) is 0.350. The molecule has 0 radical (unpaired) electrons. The molecular weight excluding hydrogens is 321 g/mol. The van der Waals surface area contributed by atoms with Crippen LogP contribution in [-0.2, 0) is 21.5 Å². The van der Waals surface area contributed by atoms with E-state index < -0.39 is 5.41 Å². The summed E-state index contributed by atoms with van der Waals surface area (Å²) >= 11 is 0. The van der Waals surface area contributed by atoms with Crippen molar-refractivity contribution in [3.05, 3.63) is 65.5 Å². The standard InChI is InChI=1S/C20H22FNO3/c1-24-18-5-3-2-4-17(18)20(10-12-25-13-11-20)19(23)22-14-15-6-8-16(21)9-7-15/h2-9H,10-14H2,1H3,(H,22,23). The number of carbonyl (C=O) groups excluding carboxylic acids is 1. The molecule has 1 fully saturated rings. The lowest BCUT2D eigenvalue weighted by molar-refractivity contribution is -0.130. The van der Waals surface area contributed by atoms with Crippen LogP contribution in [0.5, 0.6) is 5.75 Å². The zero-order chi connectivity index (χ0) is 17.7. The van der Waals surface area contributed by atoms with E-state index in [1.165, 1.54) is 12.1 Å². The highest BCUT2D eigenvalue weighted by atomic mass is 19.1. The van der Waals surface area contributed by atoms with Crippen LogP contribution in [0.25, 0.3) is 0 Å². The van der Waals surface area contributed by atoms with Crippen molar-refractivity contribution in [2.75, 3.05) is 20.3 Å². The van der Waals surface area contributed by atoms with Crippen LogP contribution in [0.2, 0.25) is 0 Å². The third kappa shape index (κ3) is 3.66. The molecule has 4 nitrogen and oxygen atoms in total. The van der Waals surface area contributed by atoms with Gasteiger partial charge in [0.2, 0.25) is 5.91 Å². The van der Waals surface area contributed by atoms with Crippen molar-refractivity contribution in [2.24, 2.45) is 0 Å². The lowest BCUT2D eigenvalue weighted by Crippen LogP contribution is -2.48. The molecule has 1 saturated heterocycles. The Labute approximate surface area is 147 Å². The van der Waals surface area contributed by atoms with E-state index in [4.69, 9.17) is 9.47 Å². The topological polar surface area (TPSA) is 47.6 Å². The van der Waals surface area contributed by atoms with Gasteiger partial charge in [-0.1, -0.05) is 30.3 Å². The first kappa shape index (κ1) is 17.4. The van der Waals surface area contributed by atoms with Crippen molar-refractivity contribution in [3.8, 4) is 5.75 Å². The molecule has 0 saturated carbocycles. The summed E-state index contributed by atoms with van der Waals surface area (Å²) in [6, 6.07) is 13.8. The maximum atomic E-state index is 13.1. The Morgan fingerprint density at radius 2 is 1.84 bits per heavy atom. The third-order valence-corrected chi connectivity index (χ3v) is 4.77. The second kappa shape index (κ2) is 7.66. The van der Waals surface area contributed by atoms with E-state index in [9.17, 15) is 9.18 Å². The van der Waals surface area contributed by atoms with E-state index in [-0.39, 0.29) is 11.7 Å². The largest absolute Gasteiger partial charge is 0.496 e. The maximum absolute atomic E-state index is 13.1. The van der Waals surface area contributed by atoms with E-state index in [2.05, 4.69) is 5.32 Å². The molecule has 25 heavy (non-hydrogen) atoms. The van der Waals surface area contributed by atoms with Gasteiger partial charge in [0, 0.05) is 25.3 Å². The molecule has 0 aromatic heterocycles. The van der Waals surface area contributed by atoms with Gasteiger partial charge in [0.15, 0.2) is 0 Å². The van der Waals surface area contributed by atoms with Gasteiger partial charge in [0.1, 0.15) is 11.6 Å². The highest BCUT2D eigenvalue weighted by molar-refractivity contribution is 5.89. The van der Waals surface area contributed by atoms with Crippen molar-refractivity contribution in [1.82, 2.24) is 5.32 Å². The zero-order valence-corrected chi connectivity index (χ0v) is 14.3. The molecule has 2 aromatic rings. The van der Waals surface area contributed by atoms with Gasteiger partial charge in [-0.2, -0.15) is 0 Å². The highest BCUT2D eigenvalue weighted by Crippen LogP contribution is 2.40. The van der Waals surface area contributed by atoms with Gasteiger partial charge in [-0.3, -0.25) is 4.79 Å². The molecule has 2 aromatic carbocycles. The summed E-state index contributed by atoms with van der Waals surface area (Å²) in [6.07, 6.45) is 1.20. The smallest absolute Gasteiger partial charge is 0.231 e. The Morgan fingerprint density at radius 3 is 2.52 bits per heavy atom. The predicted octanol–water partition coefficient (Wildman–Crippen LogP) is 3.20. The first-order chi connectivity index (χ1) is 12.2. The molecule has 0 aliphatic carbocycles. The second-order valence-electron chi connectivity index (χ2n) is 6.20. The van der Waals surface area contributed by atoms with Crippen LogP contribution in [-0.4, -0.2) is 26.2 Å². The monoisotopic (exact) mass is 343 g/mol. The fourth-order valence-corrected chi connectivity index (χ4v) is 3.33. The van der Waals surface area contributed by atoms with Gasteiger partial charge >= 0.3 is 0 Å². The fourth-order valence-electron chi connectivity index (χ4n) is 3.33. The van der Waals surface area contributed by atoms with Gasteiger partial charge in [-0.25, -0.2) is 4.39 Å². The number of halogens is 1. The molecule has 0 unspecified atom stereocenters. The molecule has 1 heterocycles.